The summed E-state index contributed by atoms with van der Waals surface area (Å²) in [6, 6.07) is 7.85. The second-order valence-electron chi connectivity index (χ2n) is 7.19. The number of piperidine rings is 1. The number of nitrogens with zero attached hydrogens (tertiary/aromatic N) is 3. The van der Waals surface area contributed by atoms with Crippen molar-refractivity contribution in [2.24, 2.45) is 0 Å². The number of hydrogen-bond acceptors (Lipinski definition) is 4. The molecule has 1 aliphatic rings. The Morgan fingerprint density at radius 2 is 1.76 bits per heavy atom. The molecule has 9 heteroatoms. The topological polar surface area (TPSA) is 72.3 Å². The minimum atomic E-state index is -3.93. The first-order valence-corrected chi connectivity index (χ1v) is 10.6. The molecule has 0 atom stereocenters. The molecule has 0 bridgehead atoms. The summed E-state index contributed by atoms with van der Waals surface area (Å²) in [6.07, 6.45) is 2.34. The highest BCUT2D eigenvalue weighted by Gasteiger charge is 2.31. The van der Waals surface area contributed by atoms with Crippen LogP contribution < -0.4 is 5.56 Å². The van der Waals surface area contributed by atoms with Gasteiger partial charge in [0.2, 0.25) is 10.0 Å². The van der Waals surface area contributed by atoms with Gasteiger partial charge < -0.3 is 0 Å². The number of fused-ring (bicyclic) bond motifs is 1. The van der Waals surface area contributed by atoms with Crippen molar-refractivity contribution in [2.75, 3.05) is 13.1 Å². The van der Waals surface area contributed by atoms with Gasteiger partial charge >= 0.3 is 0 Å². The summed E-state index contributed by atoms with van der Waals surface area (Å²) in [5, 5.41) is 0.532. The summed E-state index contributed by atoms with van der Waals surface area (Å²) in [4.78, 5) is 16.9. The predicted octanol–water partition coefficient (Wildman–Crippen LogP) is 3.01. The summed E-state index contributed by atoms with van der Waals surface area (Å²) in [5.41, 5.74) is 1.43. The third-order valence-corrected chi connectivity index (χ3v) is 7.18. The predicted molar refractivity (Wildman–Crippen MR) is 104 cm³/mol. The third-order valence-electron chi connectivity index (χ3n) is 5.28. The van der Waals surface area contributed by atoms with Crippen molar-refractivity contribution in [1.29, 1.82) is 0 Å². The van der Waals surface area contributed by atoms with E-state index in [-0.39, 0.29) is 29.6 Å². The van der Waals surface area contributed by atoms with E-state index in [1.54, 1.807) is 16.7 Å². The molecule has 4 rings (SSSR count). The van der Waals surface area contributed by atoms with Crippen molar-refractivity contribution in [3.8, 4) is 0 Å². The maximum Gasteiger partial charge on any atom is 0.261 e. The SMILES string of the molecule is Cc1ccc2ncn(C3CCN(S(=O)(=O)c4ccc(F)c(F)c4)CC3)c(=O)c2c1. The van der Waals surface area contributed by atoms with Crippen LogP contribution in [-0.2, 0) is 10.0 Å². The summed E-state index contributed by atoms with van der Waals surface area (Å²) < 4.78 is 54.8. The van der Waals surface area contributed by atoms with Gasteiger partial charge in [0, 0.05) is 19.1 Å². The van der Waals surface area contributed by atoms with Gasteiger partial charge in [-0.3, -0.25) is 9.36 Å². The van der Waals surface area contributed by atoms with E-state index in [2.05, 4.69) is 4.98 Å². The van der Waals surface area contributed by atoms with Crippen LogP contribution in [0.15, 0.2) is 52.4 Å². The van der Waals surface area contributed by atoms with E-state index in [1.807, 2.05) is 13.0 Å². The lowest BCUT2D eigenvalue weighted by Crippen LogP contribution is -2.40. The molecule has 0 saturated carbocycles. The first-order valence-electron chi connectivity index (χ1n) is 9.20. The van der Waals surface area contributed by atoms with Crippen LogP contribution in [0.4, 0.5) is 8.78 Å². The van der Waals surface area contributed by atoms with Crippen LogP contribution in [0.3, 0.4) is 0 Å². The van der Waals surface area contributed by atoms with Gasteiger partial charge in [0.05, 0.1) is 22.1 Å². The zero-order chi connectivity index (χ0) is 20.8. The van der Waals surface area contributed by atoms with Gasteiger partial charge in [-0.2, -0.15) is 4.31 Å². The summed E-state index contributed by atoms with van der Waals surface area (Å²) >= 11 is 0. The van der Waals surface area contributed by atoms with Crippen LogP contribution >= 0.6 is 0 Å². The van der Waals surface area contributed by atoms with Gasteiger partial charge in [-0.1, -0.05) is 11.6 Å². The third kappa shape index (κ3) is 3.56. The molecule has 2 aromatic carbocycles. The number of sulfonamides is 1. The van der Waals surface area contributed by atoms with Crippen LogP contribution in [0.25, 0.3) is 10.9 Å². The van der Waals surface area contributed by atoms with E-state index in [4.69, 9.17) is 0 Å². The molecule has 29 heavy (non-hydrogen) atoms. The molecule has 1 aliphatic heterocycles. The normalized spacial score (nSPS) is 16.4. The standard InChI is InChI=1S/C20H19F2N3O3S/c1-13-2-5-19-16(10-13)20(26)25(12-23-19)14-6-8-24(9-7-14)29(27,28)15-3-4-17(21)18(22)11-15/h2-5,10-12,14H,6-9H2,1H3. The number of aromatic nitrogens is 2. The van der Waals surface area contributed by atoms with E-state index >= 15 is 0 Å². The number of rotatable bonds is 3. The number of benzene rings is 2. The summed E-state index contributed by atoms with van der Waals surface area (Å²) in [6.45, 7) is 2.24. The van der Waals surface area contributed by atoms with Gasteiger partial charge in [-0.25, -0.2) is 22.2 Å². The first-order chi connectivity index (χ1) is 13.8. The molecule has 152 valence electrons. The number of aryl methyl sites for hydroxylation is 1. The van der Waals surface area contributed by atoms with Crippen molar-refractivity contribution in [2.45, 2.75) is 30.7 Å². The molecular weight excluding hydrogens is 400 g/mol. The van der Waals surface area contributed by atoms with E-state index in [9.17, 15) is 22.0 Å². The minimum absolute atomic E-state index is 0.152. The van der Waals surface area contributed by atoms with Crippen LogP contribution in [0.5, 0.6) is 0 Å². The fourth-order valence-electron chi connectivity index (χ4n) is 3.66. The van der Waals surface area contributed by atoms with Crippen molar-refractivity contribution >= 4 is 20.9 Å². The second kappa shape index (κ2) is 7.31. The summed E-state index contributed by atoms with van der Waals surface area (Å²) in [7, 11) is -3.93. The molecule has 1 fully saturated rings. The lowest BCUT2D eigenvalue weighted by atomic mass is 10.1. The highest BCUT2D eigenvalue weighted by molar-refractivity contribution is 7.89. The minimum Gasteiger partial charge on any atom is -0.296 e. The Bertz CT molecular complexity index is 1250. The quantitative estimate of drug-likeness (QED) is 0.654. The molecule has 2 heterocycles. The van der Waals surface area contributed by atoms with Gasteiger partial charge in [-0.05, 0) is 50.1 Å². The molecule has 1 saturated heterocycles. The highest BCUT2D eigenvalue weighted by Crippen LogP contribution is 2.27. The monoisotopic (exact) mass is 419 g/mol. The summed E-state index contributed by atoms with van der Waals surface area (Å²) in [5.74, 6) is -2.30. The molecule has 3 aromatic rings. The zero-order valence-electron chi connectivity index (χ0n) is 15.7. The Labute approximate surface area is 166 Å². The van der Waals surface area contributed by atoms with Crippen molar-refractivity contribution in [3.63, 3.8) is 0 Å². The van der Waals surface area contributed by atoms with E-state index < -0.39 is 21.7 Å². The average Bonchev–Trinajstić information content (AvgIpc) is 2.71. The Morgan fingerprint density at radius 3 is 2.45 bits per heavy atom. The Kier molecular flexibility index (Phi) is 4.95. The Hall–Kier alpha value is -2.65. The van der Waals surface area contributed by atoms with Gasteiger partial charge in [0.25, 0.3) is 5.56 Å². The average molecular weight is 419 g/mol. The highest BCUT2D eigenvalue weighted by atomic mass is 32.2. The smallest absolute Gasteiger partial charge is 0.261 e. The van der Waals surface area contributed by atoms with Crippen molar-refractivity contribution < 1.29 is 17.2 Å². The zero-order valence-corrected chi connectivity index (χ0v) is 16.5. The van der Waals surface area contributed by atoms with Gasteiger partial charge in [-0.15, -0.1) is 0 Å². The molecule has 1 aromatic heterocycles. The number of halogens is 2. The van der Waals surface area contributed by atoms with Gasteiger partial charge in [0.15, 0.2) is 11.6 Å². The molecule has 0 radical (unpaired) electrons. The van der Waals surface area contributed by atoms with E-state index in [0.717, 1.165) is 17.7 Å². The Balaban J connectivity index is 1.56. The Morgan fingerprint density at radius 1 is 1.03 bits per heavy atom. The van der Waals surface area contributed by atoms with Crippen molar-refractivity contribution in [3.05, 3.63) is 70.3 Å². The van der Waals surface area contributed by atoms with Crippen LogP contribution in [0.1, 0.15) is 24.4 Å². The van der Waals surface area contributed by atoms with Gasteiger partial charge in [0.1, 0.15) is 0 Å². The molecule has 0 amide bonds. The van der Waals surface area contributed by atoms with Crippen LogP contribution in [0, 0.1) is 18.6 Å². The second-order valence-corrected chi connectivity index (χ2v) is 9.13. The molecule has 0 N–H and O–H groups in total. The van der Waals surface area contributed by atoms with Crippen LogP contribution in [-0.4, -0.2) is 35.4 Å². The fourth-order valence-corrected chi connectivity index (χ4v) is 5.14. The molecule has 6 nitrogen and oxygen atoms in total. The van der Waals surface area contributed by atoms with Crippen LogP contribution in [0.2, 0.25) is 0 Å². The fraction of sp³-hybridized carbons (Fsp3) is 0.300. The van der Waals surface area contributed by atoms with E-state index in [1.165, 1.54) is 10.6 Å². The lowest BCUT2D eigenvalue weighted by molar-refractivity contribution is 0.269. The maximum atomic E-state index is 13.5. The maximum absolute atomic E-state index is 13.5. The molecule has 0 spiro atoms. The molecular formula is C20H19F2N3O3S. The molecule has 0 unspecified atom stereocenters. The lowest BCUT2D eigenvalue weighted by Gasteiger charge is -2.32. The number of hydrogen-bond donors (Lipinski definition) is 0. The molecule has 0 aliphatic carbocycles. The van der Waals surface area contributed by atoms with E-state index in [0.29, 0.717) is 29.8 Å². The van der Waals surface area contributed by atoms with Crippen molar-refractivity contribution in [1.82, 2.24) is 13.9 Å². The first kappa shape index (κ1) is 19.7. The largest absolute Gasteiger partial charge is 0.296 e.